The van der Waals surface area contributed by atoms with E-state index < -0.39 is 4.92 Å². The molecule has 0 unspecified atom stereocenters. The molecule has 0 saturated heterocycles. The molecule has 0 aliphatic rings. The second-order valence-corrected chi connectivity index (χ2v) is 4.85. The third-order valence-corrected chi connectivity index (χ3v) is 3.20. The van der Waals surface area contributed by atoms with Gasteiger partial charge in [0.25, 0.3) is 11.6 Å². The molecule has 0 bridgehead atoms. The van der Waals surface area contributed by atoms with Gasteiger partial charge in [-0.15, -0.1) is 0 Å². The fraction of sp³-hybridized carbons (Fsp3) is 0.143. The molecule has 1 amide bonds. The molecule has 1 aromatic heterocycles. The number of nitro groups is 1. The molecule has 108 valence electrons. The molecule has 7 heteroatoms. The maximum Gasteiger partial charge on any atom is 0.270 e. The molecule has 0 aliphatic carbocycles. The number of pyridine rings is 1. The Morgan fingerprint density at radius 3 is 2.76 bits per heavy atom. The number of aromatic nitrogens is 1. The van der Waals surface area contributed by atoms with Gasteiger partial charge in [-0.2, -0.15) is 0 Å². The summed E-state index contributed by atoms with van der Waals surface area (Å²) in [6, 6.07) is 7.44. The van der Waals surface area contributed by atoms with Crippen LogP contribution in [0.5, 0.6) is 0 Å². The van der Waals surface area contributed by atoms with Crippen molar-refractivity contribution in [3.05, 3.63) is 69.0 Å². The van der Waals surface area contributed by atoms with Crippen molar-refractivity contribution in [1.82, 2.24) is 9.88 Å². The van der Waals surface area contributed by atoms with Crippen molar-refractivity contribution >= 4 is 23.2 Å². The van der Waals surface area contributed by atoms with Crippen LogP contribution in [-0.4, -0.2) is 27.8 Å². The average Bonchev–Trinajstić information content (AvgIpc) is 2.47. The van der Waals surface area contributed by atoms with Crippen LogP contribution in [0, 0.1) is 10.1 Å². The number of carbonyl (C=O) groups excluding carboxylic acids is 1. The number of rotatable bonds is 4. The Bertz CT molecular complexity index is 676. The van der Waals surface area contributed by atoms with Crippen molar-refractivity contribution in [2.75, 3.05) is 7.05 Å². The van der Waals surface area contributed by atoms with Crippen molar-refractivity contribution < 1.29 is 9.72 Å². The monoisotopic (exact) mass is 305 g/mol. The summed E-state index contributed by atoms with van der Waals surface area (Å²) in [5.41, 5.74) is 0.964. The molecule has 0 saturated carbocycles. The first kappa shape index (κ1) is 14.9. The van der Waals surface area contributed by atoms with Gasteiger partial charge in [0.05, 0.1) is 15.5 Å². The minimum absolute atomic E-state index is 0.0623. The SMILES string of the molecule is CN(Cc1cccnc1)C(=O)c1ccc([N+](=O)[O-])cc1Cl. The summed E-state index contributed by atoms with van der Waals surface area (Å²) in [6.45, 7) is 0.375. The van der Waals surface area contributed by atoms with Gasteiger partial charge in [0, 0.05) is 38.1 Å². The van der Waals surface area contributed by atoms with Gasteiger partial charge in [0.1, 0.15) is 0 Å². The molecular weight excluding hydrogens is 294 g/mol. The summed E-state index contributed by atoms with van der Waals surface area (Å²) in [6.07, 6.45) is 3.32. The molecule has 0 radical (unpaired) electrons. The van der Waals surface area contributed by atoms with E-state index in [0.717, 1.165) is 5.56 Å². The van der Waals surface area contributed by atoms with Gasteiger partial charge in [0.15, 0.2) is 0 Å². The highest BCUT2D eigenvalue weighted by Gasteiger charge is 2.18. The van der Waals surface area contributed by atoms with E-state index in [0.29, 0.717) is 6.54 Å². The second kappa shape index (κ2) is 6.32. The maximum atomic E-state index is 12.3. The predicted octanol–water partition coefficient (Wildman–Crippen LogP) is 2.92. The third-order valence-electron chi connectivity index (χ3n) is 2.88. The first-order valence-corrected chi connectivity index (χ1v) is 6.45. The van der Waals surface area contributed by atoms with E-state index in [4.69, 9.17) is 11.6 Å². The van der Waals surface area contributed by atoms with Crippen LogP contribution in [0.3, 0.4) is 0 Å². The highest BCUT2D eigenvalue weighted by Crippen LogP contribution is 2.23. The minimum atomic E-state index is -0.556. The van der Waals surface area contributed by atoms with E-state index in [-0.39, 0.29) is 22.2 Å². The molecule has 2 aromatic rings. The number of amides is 1. The Morgan fingerprint density at radius 2 is 2.19 bits per heavy atom. The van der Waals surface area contributed by atoms with Gasteiger partial charge in [-0.3, -0.25) is 19.9 Å². The number of hydrogen-bond acceptors (Lipinski definition) is 4. The van der Waals surface area contributed by atoms with E-state index >= 15 is 0 Å². The molecular formula is C14H12ClN3O3. The van der Waals surface area contributed by atoms with E-state index in [1.165, 1.54) is 23.1 Å². The molecule has 0 N–H and O–H groups in total. The first-order valence-electron chi connectivity index (χ1n) is 6.07. The lowest BCUT2D eigenvalue weighted by Crippen LogP contribution is -2.26. The standard InChI is InChI=1S/C14H12ClN3O3/c1-17(9-10-3-2-6-16-8-10)14(19)12-5-4-11(18(20)21)7-13(12)15/h2-8H,9H2,1H3. The second-order valence-electron chi connectivity index (χ2n) is 4.44. The zero-order valence-electron chi connectivity index (χ0n) is 11.2. The molecule has 1 heterocycles. The van der Waals surface area contributed by atoms with Gasteiger partial charge in [-0.05, 0) is 17.7 Å². The van der Waals surface area contributed by atoms with Crippen molar-refractivity contribution in [3.8, 4) is 0 Å². The Balaban J connectivity index is 2.18. The van der Waals surface area contributed by atoms with Gasteiger partial charge in [-0.1, -0.05) is 17.7 Å². The maximum absolute atomic E-state index is 12.3. The van der Waals surface area contributed by atoms with Crippen LogP contribution >= 0.6 is 11.6 Å². The molecule has 2 rings (SSSR count). The Labute approximate surface area is 126 Å². The molecule has 0 atom stereocenters. The molecule has 0 fully saturated rings. The highest BCUT2D eigenvalue weighted by atomic mass is 35.5. The number of halogens is 1. The number of hydrogen-bond donors (Lipinski definition) is 0. The minimum Gasteiger partial charge on any atom is -0.337 e. The molecule has 0 spiro atoms. The molecule has 1 aromatic carbocycles. The van der Waals surface area contributed by atoms with E-state index in [2.05, 4.69) is 4.98 Å². The van der Waals surface area contributed by atoms with Crippen molar-refractivity contribution in [2.45, 2.75) is 6.54 Å². The first-order chi connectivity index (χ1) is 9.99. The topological polar surface area (TPSA) is 76.3 Å². The molecule has 21 heavy (non-hydrogen) atoms. The summed E-state index contributed by atoms with van der Waals surface area (Å²) < 4.78 is 0. The molecule has 6 nitrogen and oxygen atoms in total. The number of nitro benzene ring substituents is 1. The van der Waals surface area contributed by atoms with E-state index in [1.807, 2.05) is 6.07 Å². The van der Waals surface area contributed by atoms with Gasteiger partial charge >= 0.3 is 0 Å². The summed E-state index contributed by atoms with van der Waals surface area (Å²) in [4.78, 5) is 27.9. The number of nitrogens with zero attached hydrogens (tertiary/aromatic N) is 3. The number of benzene rings is 1. The van der Waals surface area contributed by atoms with Crippen LogP contribution in [-0.2, 0) is 6.54 Å². The van der Waals surface area contributed by atoms with Crippen LogP contribution in [0.25, 0.3) is 0 Å². The zero-order valence-corrected chi connectivity index (χ0v) is 11.9. The normalized spacial score (nSPS) is 10.2. The molecule has 0 aliphatic heterocycles. The Morgan fingerprint density at radius 1 is 1.43 bits per heavy atom. The fourth-order valence-electron chi connectivity index (χ4n) is 1.83. The van der Waals surface area contributed by atoms with Crippen LogP contribution in [0.2, 0.25) is 5.02 Å². The summed E-state index contributed by atoms with van der Waals surface area (Å²) >= 11 is 5.95. The van der Waals surface area contributed by atoms with Crippen LogP contribution in [0.15, 0.2) is 42.7 Å². The lowest BCUT2D eigenvalue weighted by Gasteiger charge is -2.17. The summed E-state index contributed by atoms with van der Waals surface area (Å²) in [7, 11) is 1.63. The van der Waals surface area contributed by atoms with Crippen LogP contribution in [0.4, 0.5) is 5.69 Å². The summed E-state index contributed by atoms with van der Waals surface area (Å²) in [5.74, 6) is -0.307. The smallest absolute Gasteiger partial charge is 0.270 e. The Kier molecular flexibility index (Phi) is 4.49. The quantitative estimate of drug-likeness (QED) is 0.643. The van der Waals surface area contributed by atoms with Gasteiger partial charge < -0.3 is 4.90 Å². The van der Waals surface area contributed by atoms with Crippen LogP contribution < -0.4 is 0 Å². The van der Waals surface area contributed by atoms with Crippen molar-refractivity contribution in [3.63, 3.8) is 0 Å². The lowest BCUT2D eigenvalue weighted by molar-refractivity contribution is -0.384. The average molecular weight is 306 g/mol. The van der Waals surface area contributed by atoms with Gasteiger partial charge in [0.2, 0.25) is 0 Å². The summed E-state index contributed by atoms with van der Waals surface area (Å²) in [5, 5.41) is 10.7. The lowest BCUT2D eigenvalue weighted by atomic mass is 10.1. The van der Waals surface area contributed by atoms with Crippen LogP contribution in [0.1, 0.15) is 15.9 Å². The van der Waals surface area contributed by atoms with Crippen molar-refractivity contribution in [2.24, 2.45) is 0 Å². The van der Waals surface area contributed by atoms with Gasteiger partial charge in [-0.25, -0.2) is 0 Å². The Hall–Kier alpha value is -2.47. The number of carbonyl (C=O) groups is 1. The fourth-order valence-corrected chi connectivity index (χ4v) is 2.09. The predicted molar refractivity (Wildman–Crippen MR) is 78.1 cm³/mol. The number of non-ortho nitro benzene ring substituents is 1. The largest absolute Gasteiger partial charge is 0.337 e. The highest BCUT2D eigenvalue weighted by molar-refractivity contribution is 6.34. The van der Waals surface area contributed by atoms with E-state index in [9.17, 15) is 14.9 Å². The van der Waals surface area contributed by atoms with E-state index in [1.54, 1.807) is 25.5 Å². The van der Waals surface area contributed by atoms with Crippen molar-refractivity contribution in [1.29, 1.82) is 0 Å². The zero-order chi connectivity index (χ0) is 15.4. The third kappa shape index (κ3) is 3.55.